The molecule has 4 atom stereocenters. The maximum atomic E-state index is 13.9. The number of sulfonamides is 1. The van der Waals surface area contributed by atoms with Gasteiger partial charge in [-0.25, -0.2) is 8.42 Å². The number of anilines is 1. The first-order valence-corrected chi connectivity index (χ1v) is 17.9. The smallest absolute Gasteiger partial charge is 0.251 e. The third-order valence-corrected chi connectivity index (χ3v) is 9.72. The Labute approximate surface area is 284 Å². The fraction of sp³-hybridized carbons (Fsp3) is 0.316. The second kappa shape index (κ2) is 16.1. The molecule has 254 valence electrons. The van der Waals surface area contributed by atoms with E-state index in [-0.39, 0.29) is 35.4 Å². The standard InChI is InChI=1S/C38H46N4O5S/c1-25-12-16-30(17-13-25)27(3)39-24-36(43)35(20-29-10-8-7-9-11-29)41-38(45)33-21-32(22-34(23-33)42(5)48(6,46)47)37(44)40-28(4)31-18-14-26(2)15-19-31/h7-19,21-23,27-28,35-36,39,43H,20,24H2,1-6H3,(H,40,44)(H,41,45)/t27-,28-,35+,36-/m1/s1. The molecule has 4 rings (SSSR count). The molecule has 0 aliphatic rings. The summed E-state index contributed by atoms with van der Waals surface area (Å²) in [5.74, 6) is -1.01. The summed E-state index contributed by atoms with van der Waals surface area (Å²) in [6, 6.07) is 28.7. The van der Waals surface area contributed by atoms with Crippen molar-refractivity contribution in [3.8, 4) is 0 Å². The highest BCUT2D eigenvalue weighted by Crippen LogP contribution is 2.23. The van der Waals surface area contributed by atoms with E-state index in [1.54, 1.807) is 0 Å². The highest BCUT2D eigenvalue weighted by molar-refractivity contribution is 7.92. The van der Waals surface area contributed by atoms with E-state index in [1.165, 1.54) is 25.2 Å². The first-order valence-electron chi connectivity index (χ1n) is 16.0. The molecular formula is C38H46N4O5S. The third kappa shape index (κ3) is 10.00. The zero-order valence-corrected chi connectivity index (χ0v) is 29.2. The number of hydrogen-bond donors (Lipinski definition) is 4. The molecule has 0 spiro atoms. The molecule has 10 heteroatoms. The van der Waals surface area contributed by atoms with Gasteiger partial charge in [0.2, 0.25) is 10.0 Å². The summed E-state index contributed by atoms with van der Waals surface area (Å²) in [7, 11) is -2.34. The van der Waals surface area contributed by atoms with E-state index in [0.29, 0.717) is 6.42 Å². The van der Waals surface area contributed by atoms with Crippen molar-refractivity contribution in [2.75, 3.05) is 24.2 Å². The number of carbonyl (C=O) groups is 2. The highest BCUT2D eigenvalue weighted by atomic mass is 32.2. The van der Waals surface area contributed by atoms with Gasteiger partial charge in [0.15, 0.2) is 0 Å². The lowest BCUT2D eigenvalue weighted by atomic mass is 9.99. The Kier molecular flexibility index (Phi) is 12.2. The lowest BCUT2D eigenvalue weighted by Gasteiger charge is -2.27. The van der Waals surface area contributed by atoms with Crippen molar-refractivity contribution in [2.24, 2.45) is 0 Å². The number of carbonyl (C=O) groups excluding carboxylic acids is 2. The van der Waals surface area contributed by atoms with Crippen molar-refractivity contribution in [3.05, 3.63) is 136 Å². The largest absolute Gasteiger partial charge is 0.390 e. The van der Waals surface area contributed by atoms with Gasteiger partial charge in [-0.05, 0) is 69.0 Å². The molecule has 2 amide bonds. The van der Waals surface area contributed by atoms with E-state index in [4.69, 9.17) is 0 Å². The van der Waals surface area contributed by atoms with E-state index in [2.05, 4.69) is 16.0 Å². The summed E-state index contributed by atoms with van der Waals surface area (Å²) in [5.41, 5.74) is 5.52. The van der Waals surface area contributed by atoms with Crippen molar-refractivity contribution >= 4 is 27.5 Å². The van der Waals surface area contributed by atoms with Crippen LogP contribution in [0, 0.1) is 13.8 Å². The number of aryl methyl sites for hydroxylation is 2. The number of nitrogens with one attached hydrogen (secondary N) is 3. The second-order valence-corrected chi connectivity index (χ2v) is 14.5. The molecule has 4 aromatic carbocycles. The molecule has 0 saturated carbocycles. The number of rotatable bonds is 14. The molecule has 9 nitrogen and oxygen atoms in total. The summed E-state index contributed by atoms with van der Waals surface area (Å²) >= 11 is 0. The Morgan fingerprint density at radius 3 is 1.77 bits per heavy atom. The summed E-state index contributed by atoms with van der Waals surface area (Å²) in [4.78, 5) is 27.4. The summed E-state index contributed by atoms with van der Waals surface area (Å²) in [6.45, 7) is 8.08. The van der Waals surface area contributed by atoms with Crippen LogP contribution in [-0.4, -0.2) is 57.3 Å². The van der Waals surface area contributed by atoms with Crippen LogP contribution in [0.3, 0.4) is 0 Å². The Morgan fingerprint density at radius 1 is 0.750 bits per heavy atom. The lowest BCUT2D eigenvalue weighted by molar-refractivity contribution is 0.0825. The topological polar surface area (TPSA) is 128 Å². The van der Waals surface area contributed by atoms with Crippen LogP contribution in [0.1, 0.15) is 74.5 Å². The van der Waals surface area contributed by atoms with Gasteiger partial charge in [0.25, 0.3) is 11.8 Å². The van der Waals surface area contributed by atoms with Crippen LogP contribution in [-0.2, 0) is 16.4 Å². The maximum Gasteiger partial charge on any atom is 0.251 e. The molecule has 0 aromatic heterocycles. The van der Waals surface area contributed by atoms with Gasteiger partial charge in [-0.2, -0.15) is 0 Å². The summed E-state index contributed by atoms with van der Waals surface area (Å²) in [5, 5.41) is 20.7. The van der Waals surface area contributed by atoms with Crippen LogP contribution in [0.5, 0.6) is 0 Å². The molecular weight excluding hydrogens is 625 g/mol. The SMILES string of the molecule is Cc1ccc([C@@H](C)NC[C@@H](O)[C@H](Cc2ccccc2)NC(=O)c2cc(C(=O)N[C@H](C)c3ccc(C)cc3)cc(N(C)S(C)(=O)=O)c2)cc1. The van der Waals surface area contributed by atoms with Crippen LogP contribution in [0.25, 0.3) is 0 Å². The summed E-state index contributed by atoms with van der Waals surface area (Å²) < 4.78 is 26.0. The predicted molar refractivity (Wildman–Crippen MR) is 192 cm³/mol. The van der Waals surface area contributed by atoms with Gasteiger partial charge in [-0.3, -0.25) is 13.9 Å². The molecule has 0 aliphatic heterocycles. The fourth-order valence-electron chi connectivity index (χ4n) is 5.28. The maximum absolute atomic E-state index is 13.9. The number of nitrogens with zero attached hydrogens (tertiary/aromatic N) is 1. The van der Waals surface area contributed by atoms with Gasteiger partial charge in [-0.15, -0.1) is 0 Å². The minimum atomic E-state index is -3.71. The zero-order valence-electron chi connectivity index (χ0n) is 28.4. The molecule has 0 unspecified atom stereocenters. The monoisotopic (exact) mass is 670 g/mol. The molecule has 0 aliphatic carbocycles. The van der Waals surface area contributed by atoms with Gasteiger partial charge in [-0.1, -0.05) is 90.0 Å². The van der Waals surface area contributed by atoms with Gasteiger partial charge >= 0.3 is 0 Å². The van der Waals surface area contributed by atoms with Gasteiger partial charge in [0.1, 0.15) is 0 Å². The Hall–Kier alpha value is -4.51. The van der Waals surface area contributed by atoms with E-state index in [9.17, 15) is 23.1 Å². The third-order valence-electron chi connectivity index (χ3n) is 8.52. The quantitative estimate of drug-likeness (QED) is 0.145. The van der Waals surface area contributed by atoms with Crippen molar-refractivity contribution in [2.45, 2.75) is 58.3 Å². The van der Waals surface area contributed by atoms with Crippen molar-refractivity contribution in [3.63, 3.8) is 0 Å². The molecule has 0 fully saturated rings. The van der Waals surface area contributed by atoms with Crippen LogP contribution >= 0.6 is 0 Å². The average Bonchev–Trinajstić information content (AvgIpc) is 3.06. The van der Waals surface area contributed by atoms with Crippen LogP contribution in [0.4, 0.5) is 5.69 Å². The normalized spacial score (nSPS) is 14.0. The molecule has 48 heavy (non-hydrogen) atoms. The first kappa shape index (κ1) is 36.3. The van der Waals surface area contributed by atoms with E-state index in [0.717, 1.165) is 38.4 Å². The highest BCUT2D eigenvalue weighted by Gasteiger charge is 2.25. The van der Waals surface area contributed by atoms with Crippen molar-refractivity contribution in [1.82, 2.24) is 16.0 Å². The van der Waals surface area contributed by atoms with Gasteiger partial charge in [0.05, 0.1) is 30.1 Å². The Balaban J connectivity index is 1.59. The van der Waals surface area contributed by atoms with Crippen LogP contribution in [0.2, 0.25) is 0 Å². The summed E-state index contributed by atoms with van der Waals surface area (Å²) in [6.07, 6.45) is 0.427. The first-order chi connectivity index (χ1) is 22.7. The molecule has 0 bridgehead atoms. The number of amides is 2. The minimum absolute atomic E-state index is 0.0417. The van der Waals surface area contributed by atoms with Crippen LogP contribution < -0.4 is 20.3 Å². The molecule has 4 aromatic rings. The van der Waals surface area contributed by atoms with E-state index < -0.39 is 34.0 Å². The molecule has 0 heterocycles. The zero-order chi connectivity index (χ0) is 35.0. The fourth-order valence-corrected chi connectivity index (χ4v) is 5.77. The van der Waals surface area contributed by atoms with Gasteiger partial charge < -0.3 is 21.1 Å². The molecule has 0 radical (unpaired) electrons. The lowest BCUT2D eigenvalue weighted by Crippen LogP contribution is -2.49. The second-order valence-electron chi connectivity index (χ2n) is 12.5. The Bertz CT molecular complexity index is 1800. The minimum Gasteiger partial charge on any atom is -0.390 e. The van der Waals surface area contributed by atoms with Crippen molar-refractivity contribution in [1.29, 1.82) is 0 Å². The molecule has 0 saturated heterocycles. The van der Waals surface area contributed by atoms with Crippen molar-refractivity contribution < 1.29 is 23.1 Å². The van der Waals surface area contributed by atoms with Crippen LogP contribution in [0.15, 0.2) is 97.1 Å². The number of hydrogen-bond acceptors (Lipinski definition) is 6. The van der Waals surface area contributed by atoms with E-state index in [1.807, 2.05) is 107 Å². The Morgan fingerprint density at radius 2 is 1.25 bits per heavy atom. The predicted octanol–water partition coefficient (Wildman–Crippen LogP) is 5.24. The number of aliphatic hydroxyl groups excluding tert-OH is 1. The average molecular weight is 671 g/mol. The van der Waals surface area contributed by atoms with Gasteiger partial charge in [0, 0.05) is 30.8 Å². The number of benzene rings is 4. The number of aliphatic hydroxyl groups is 1. The van der Waals surface area contributed by atoms with E-state index >= 15 is 0 Å². The molecule has 4 N–H and O–H groups in total.